The average molecular weight is 232 g/mol. The van der Waals surface area contributed by atoms with E-state index < -0.39 is 17.9 Å². The molecule has 6 heteroatoms. The highest BCUT2D eigenvalue weighted by molar-refractivity contribution is 5.79. The topological polar surface area (TPSA) is 105 Å². The second-order valence-electron chi connectivity index (χ2n) is 3.68. The maximum absolute atomic E-state index is 11.2. The third-order valence-corrected chi connectivity index (χ3v) is 2.40. The summed E-state index contributed by atoms with van der Waals surface area (Å²) in [6.07, 6.45) is 4.56. The molecule has 0 aliphatic rings. The van der Waals surface area contributed by atoms with Gasteiger partial charge in [0.25, 0.3) is 0 Å². The highest BCUT2D eigenvalue weighted by Gasteiger charge is 2.23. The Morgan fingerprint density at radius 2 is 1.81 bits per heavy atom. The Kier molecular flexibility index (Phi) is 8.46. The molecule has 0 fully saturated rings. The first-order valence-electron chi connectivity index (χ1n) is 5.45. The highest BCUT2D eigenvalue weighted by Crippen LogP contribution is 2.16. The van der Waals surface area contributed by atoms with Crippen LogP contribution >= 0.6 is 0 Å². The van der Waals surface area contributed by atoms with Gasteiger partial charge in [-0.05, 0) is 6.42 Å². The van der Waals surface area contributed by atoms with E-state index in [1.165, 1.54) is 0 Å². The van der Waals surface area contributed by atoms with Gasteiger partial charge in [0.15, 0.2) is 0 Å². The van der Waals surface area contributed by atoms with Crippen molar-refractivity contribution in [2.75, 3.05) is 0 Å². The number of carbonyl (C=O) groups excluding carboxylic acids is 2. The molecule has 0 spiro atoms. The highest BCUT2D eigenvalue weighted by atomic mass is 16.7. The Labute approximate surface area is 95.2 Å². The first-order valence-corrected chi connectivity index (χ1v) is 5.45. The van der Waals surface area contributed by atoms with Gasteiger partial charge in [0, 0.05) is 0 Å². The number of nitrogens with two attached hydrogens (primary N) is 2. The number of hydrogen-bond acceptors (Lipinski definition) is 6. The van der Waals surface area contributed by atoms with E-state index in [1.54, 1.807) is 0 Å². The van der Waals surface area contributed by atoms with Crippen LogP contribution in [0.25, 0.3) is 0 Å². The normalized spacial score (nSPS) is 11.9. The smallest absolute Gasteiger partial charge is 0.328 e. The van der Waals surface area contributed by atoms with Gasteiger partial charge < -0.3 is 9.68 Å². The fraction of sp³-hybridized carbons (Fsp3) is 0.800. The van der Waals surface area contributed by atoms with Crippen LogP contribution < -0.4 is 11.8 Å². The van der Waals surface area contributed by atoms with Crippen LogP contribution in [0, 0.1) is 5.92 Å². The van der Waals surface area contributed by atoms with Crippen molar-refractivity contribution < 1.29 is 19.3 Å². The third kappa shape index (κ3) is 6.36. The van der Waals surface area contributed by atoms with Crippen molar-refractivity contribution in [2.24, 2.45) is 17.7 Å². The molecule has 0 aliphatic carbocycles. The van der Waals surface area contributed by atoms with Crippen molar-refractivity contribution in [3.63, 3.8) is 0 Å². The molecule has 0 aromatic carbocycles. The van der Waals surface area contributed by atoms with E-state index >= 15 is 0 Å². The molecule has 0 bridgehead atoms. The summed E-state index contributed by atoms with van der Waals surface area (Å²) < 4.78 is 0. The lowest BCUT2D eigenvalue weighted by molar-refractivity contribution is -0.156. The Morgan fingerprint density at radius 3 is 2.31 bits per heavy atom. The van der Waals surface area contributed by atoms with Crippen LogP contribution in [0.3, 0.4) is 0 Å². The molecule has 16 heavy (non-hydrogen) atoms. The summed E-state index contributed by atoms with van der Waals surface area (Å²) in [5, 5.41) is 0. The van der Waals surface area contributed by atoms with Crippen LogP contribution in [-0.4, -0.2) is 11.9 Å². The summed E-state index contributed by atoms with van der Waals surface area (Å²) in [5.74, 6) is 7.71. The largest absolute Gasteiger partial charge is 0.373 e. The molecule has 0 saturated carbocycles. The standard InChI is InChI=1S/C10H20N2O4/c1-2-3-4-5-6-8(10(14)16-12)7-9(13)15-11/h8H,2-7,11-12H2,1H3. The Balaban J connectivity index is 4.00. The number of hydrogen-bond donors (Lipinski definition) is 2. The fourth-order valence-corrected chi connectivity index (χ4v) is 1.47. The summed E-state index contributed by atoms with van der Waals surface area (Å²) in [6, 6.07) is 0. The zero-order chi connectivity index (χ0) is 12.4. The summed E-state index contributed by atoms with van der Waals surface area (Å²) in [4.78, 5) is 30.3. The Bertz CT molecular complexity index is 221. The van der Waals surface area contributed by atoms with E-state index in [9.17, 15) is 9.59 Å². The van der Waals surface area contributed by atoms with Crippen molar-refractivity contribution >= 4 is 11.9 Å². The van der Waals surface area contributed by atoms with E-state index in [-0.39, 0.29) is 6.42 Å². The summed E-state index contributed by atoms with van der Waals surface area (Å²) in [6.45, 7) is 2.09. The Hall–Kier alpha value is -1.14. The van der Waals surface area contributed by atoms with Gasteiger partial charge in [-0.15, -0.1) is 0 Å². The molecule has 1 atom stereocenters. The van der Waals surface area contributed by atoms with Gasteiger partial charge in [0.05, 0.1) is 12.3 Å². The number of rotatable bonds is 8. The molecule has 0 rings (SSSR count). The van der Waals surface area contributed by atoms with Crippen LogP contribution in [0.2, 0.25) is 0 Å². The zero-order valence-electron chi connectivity index (χ0n) is 9.61. The maximum Gasteiger partial charge on any atom is 0.328 e. The lowest BCUT2D eigenvalue weighted by atomic mass is 9.98. The SMILES string of the molecule is CCCCCCC(CC(=O)ON)C(=O)ON. The van der Waals surface area contributed by atoms with Crippen LogP contribution in [0.1, 0.15) is 45.4 Å². The molecule has 0 aliphatic heterocycles. The summed E-state index contributed by atoms with van der Waals surface area (Å²) >= 11 is 0. The molecule has 94 valence electrons. The predicted octanol–water partition coefficient (Wildman–Crippen LogP) is 0.797. The van der Waals surface area contributed by atoms with Gasteiger partial charge in [0.1, 0.15) is 0 Å². The van der Waals surface area contributed by atoms with Crippen LogP contribution in [0.15, 0.2) is 0 Å². The molecular formula is C10H20N2O4. The molecule has 1 unspecified atom stereocenters. The minimum absolute atomic E-state index is 0.0847. The van der Waals surface area contributed by atoms with Gasteiger partial charge in [-0.2, -0.15) is 11.8 Å². The van der Waals surface area contributed by atoms with Gasteiger partial charge in [0.2, 0.25) is 0 Å². The van der Waals surface area contributed by atoms with Gasteiger partial charge in [-0.1, -0.05) is 32.6 Å². The molecule has 0 saturated heterocycles. The fourth-order valence-electron chi connectivity index (χ4n) is 1.47. The average Bonchev–Trinajstić information content (AvgIpc) is 2.31. The first-order chi connectivity index (χ1) is 7.65. The van der Waals surface area contributed by atoms with Crippen molar-refractivity contribution in [2.45, 2.75) is 45.4 Å². The predicted molar refractivity (Wildman–Crippen MR) is 57.4 cm³/mol. The second-order valence-corrected chi connectivity index (χ2v) is 3.68. The number of carbonyl (C=O) groups is 2. The van der Waals surface area contributed by atoms with Crippen molar-refractivity contribution in [1.29, 1.82) is 0 Å². The third-order valence-electron chi connectivity index (χ3n) is 2.40. The zero-order valence-corrected chi connectivity index (χ0v) is 9.61. The summed E-state index contributed by atoms with van der Waals surface area (Å²) in [5.41, 5.74) is 0. The van der Waals surface area contributed by atoms with E-state index in [0.29, 0.717) is 6.42 Å². The van der Waals surface area contributed by atoms with Crippen LogP contribution in [0.4, 0.5) is 0 Å². The molecule has 0 heterocycles. The molecule has 0 amide bonds. The lowest BCUT2D eigenvalue weighted by Gasteiger charge is -2.11. The molecule has 4 N–H and O–H groups in total. The monoisotopic (exact) mass is 232 g/mol. The number of unbranched alkanes of at least 4 members (excludes halogenated alkanes) is 3. The van der Waals surface area contributed by atoms with Crippen molar-refractivity contribution in [1.82, 2.24) is 0 Å². The molecular weight excluding hydrogens is 212 g/mol. The van der Waals surface area contributed by atoms with E-state index in [0.717, 1.165) is 25.7 Å². The quantitative estimate of drug-likeness (QED) is 0.473. The van der Waals surface area contributed by atoms with Gasteiger partial charge in [-0.3, -0.25) is 9.59 Å². The van der Waals surface area contributed by atoms with Gasteiger partial charge in [-0.25, -0.2) is 0 Å². The van der Waals surface area contributed by atoms with E-state index in [4.69, 9.17) is 11.8 Å². The minimum atomic E-state index is -0.633. The van der Waals surface area contributed by atoms with E-state index in [1.807, 2.05) is 0 Å². The molecule has 0 radical (unpaired) electrons. The van der Waals surface area contributed by atoms with Gasteiger partial charge >= 0.3 is 11.9 Å². The van der Waals surface area contributed by atoms with E-state index in [2.05, 4.69) is 16.6 Å². The summed E-state index contributed by atoms with van der Waals surface area (Å²) in [7, 11) is 0. The van der Waals surface area contributed by atoms with Crippen LogP contribution in [-0.2, 0) is 19.3 Å². The molecule has 6 nitrogen and oxygen atoms in total. The van der Waals surface area contributed by atoms with Crippen molar-refractivity contribution in [3.05, 3.63) is 0 Å². The maximum atomic E-state index is 11.2. The molecule has 0 aromatic rings. The lowest BCUT2D eigenvalue weighted by Crippen LogP contribution is -2.25. The van der Waals surface area contributed by atoms with Crippen LogP contribution in [0.5, 0.6) is 0 Å². The molecule has 0 aromatic heterocycles. The second kappa shape index (κ2) is 9.11. The first kappa shape index (κ1) is 14.9. The Morgan fingerprint density at radius 1 is 1.12 bits per heavy atom. The minimum Gasteiger partial charge on any atom is -0.373 e. The van der Waals surface area contributed by atoms with Crippen molar-refractivity contribution in [3.8, 4) is 0 Å².